The quantitative estimate of drug-likeness (QED) is 0.560. The van der Waals surface area contributed by atoms with Crippen LogP contribution in [0.2, 0.25) is 0 Å². The van der Waals surface area contributed by atoms with E-state index in [2.05, 4.69) is 10.3 Å². The lowest BCUT2D eigenvalue weighted by Crippen LogP contribution is -2.39. The highest BCUT2D eigenvalue weighted by Crippen LogP contribution is 1.88. The maximum atomic E-state index is 5.55. The Morgan fingerprint density at radius 2 is 2.64 bits per heavy atom. The van der Waals surface area contributed by atoms with Gasteiger partial charge in [-0.15, -0.1) is 0 Å². The highest BCUT2D eigenvalue weighted by molar-refractivity contribution is 5.83. The summed E-state index contributed by atoms with van der Waals surface area (Å²) in [6.45, 7) is 4.83. The third kappa shape index (κ3) is 3.34. The van der Waals surface area contributed by atoms with Gasteiger partial charge in [-0.25, -0.2) is 0 Å². The summed E-state index contributed by atoms with van der Waals surface area (Å²) in [5.41, 5.74) is 5.55. The lowest BCUT2D eigenvalue weighted by atomic mass is 10.3. The third-order valence-electron chi connectivity index (χ3n) is 1.41. The van der Waals surface area contributed by atoms with Crippen LogP contribution in [0.3, 0.4) is 0 Å². The van der Waals surface area contributed by atoms with Gasteiger partial charge in [0.25, 0.3) is 0 Å². The van der Waals surface area contributed by atoms with Crippen LogP contribution >= 0.6 is 0 Å². The fourth-order valence-electron chi connectivity index (χ4n) is 0.845. The Morgan fingerprint density at radius 3 is 3.18 bits per heavy atom. The topological polar surface area (TPSA) is 59.6 Å². The van der Waals surface area contributed by atoms with Gasteiger partial charge in [0.2, 0.25) is 0 Å². The summed E-state index contributed by atoms with van der Waals surface area (Å²) in [5, 5.41) is 3.12. The first-order chi connectivity index (χ1) is 5.29. The first-order valence-corrected chi connectivity index (χ1v) is 3.89. The minimum Gasteiger partial charge on any atom is -0.372 e. The highest BCUT2D eigenvalue weighted by atomic mass is 16.5. The minimum absolute atomic E-state index is 0.166. The van der Waals surface area contributed by atoms with Gasteiger partial charge in [0.1, 0.15) is 12.4 Å². The average Bonchev–Trinajstić information content (AvgIpc) is 2.03. The summed E-state index contributed by atoms with van der Waals surface area (Å²) < 4.78 is 5.18. The largest absolute Gasteiger partial charge is 0.372 e. The van der Waals surface area contributed by atoms with E-state index in [-0.39, 0.29) is 6.04 Å². The molecule has 1 heterocycles. The molecule has 0 aromatic carbocycles. The maximum absolute atomic E-state index is 5.55. The van der Waals surface area contributed by atoms with Crippen LogP contribution in [0.5, 0.6) is 0 Å². The van der Waals surface area contributed by atoms with Gasteiger partial charge in [0.05, 0.1) is 13.2 Å². The molecular weight excluding hydrogens is 142 g/mol. The summed E-state index contributed by atoms with van der Waals surface area (Å²) in [6, 6.07) is 0.166. The van der Waals surface area contributed by atoms with Gasteiger partial charge in [-0.2, -0.15) is 0 Å². The normalized spacial score (nSPS) is 20.7. The predicted molar refractivity (Wildman–Crippen MR) is 44.8 cm³/mol. The van der Waals surface area contributed by atoms with Crippen molar-refractivity contribution in [1.29, 1.82) is 0 Å². The molecule has 0 fully saturated rings. The molecule has 0 saturated heterocycles. The molecule has 1 aliphatic heterocycles. The van der Waals surface area contributed by atoms with Crippen molar-refractivity contribution in [2.24, 2.45) is 10.7 Å². The molecule has 1 unspecified atom stereocenters. The van der Waals surface area contributed by atoms with Crippen LogP contribution in [0.25, 0.3) is 0 Å². The second-order valence-electron chi connectivity index (χ2n) is 2.74. The summed E-state index contributed by atoms with van der Waals surface area (Å²) in [5.74, 6) is 0.925. The molecule has 0 aromatic heterocycles. The standard InChI is InChI=1S/C7H15N3O/c1-6(8)4-10-7-5-11-3-2-9-7/h6H,2-5,8H2,1H3,(H,9,10). The number of hydrogen-bond acceptors (Lipinski definition) is 4. The van der Waals surface area contributed by atoms with Gasteiger partial charge in [-0.05, 0) is 6.92 Å². The Labute approximate surface area is 66.8 Å². The van der Waals surface area contributed by atoms with E-state index in [9.17, 15) is 0 Å². The number of nitrogens with zero attached hydrogens (tertiary/aromatic N) is 1. The average molecular weight is 157 g/mol. The monoisotopic (exact) mass is 157 g/mol. The molecule has 1 aliphatic rings. The minimum atomic E-state index is 0.166. The molecule has 4 nitrogen and oxygen atoms in total. The number of amidine groups is 1. The van der Waals surface area contributed by atoms with E-state index in [4.69, 9.17) is 10.5 Å². The molecule has 64 valence electrons. The van der Waals surface area contributed by atoms with Crippen LogP contribution in [0.4, 0.5) is 0 Å². The molecule has 0 amide bonds. The van der Waals surface area contributed by atoms with Crippen LogP contribution in [-0.2, 0) is 4.74 Å². The summed E-state index contributed by atoms with van der Waals surface area (Å²) in [4.78, 5) is 4.23. The van der Waals surface area contributed by atoms with Crippen LogP contribution in [0.15, 0.2) is 4.99 Å². The van der Waals surface area contributed by atoms with Gasteiger partial charge in [0.15, 0.2) is 0 Å². The van der Waals surface area contributed by atoms with Crippen molar-refractivity contribution in [3.05, 3.63) is 0 Å². The Hall–Kier alpha value is -0.610. The van der Waals surface area contributed by atoms with Crippen molar-refractivity contribution in [3.63, 3.8) is 0 Å². The summed E-state index contributed by atoms with van der Waals surface area (Å²) in [7, 11) is 0. The molecule has 1 atom stereocenters. The van der Waals surface area contributed by atoms with Crippen LogP contribution in [0.1, 0.15) is 6.92 Å². The molecule has 11 heavy (non-hydrogen) atoms. The van der Waals surface area contributed by atoms with Crippen molar-refractivity contribution >= 4 is 5.84 Å². The molecule has 0 radical (unpaired) electrons. The second kappa shape index (κ2) is 4.31. The van der Waals surface area contributed by atoms with Crippen molar-refractivity contribution < 1.29 is 4.74 Å². The van der Waals surface area contributed by atoms with Crippen molar-refractivity contribution in [2.45, 2.75) is 13.0 Å². The fourth-order valence-corrected chi connectivity index (χ4v) is 0.845. The zero-order valence-electron chi connectivity index (χ0n) is 6.84. The van der Waals surface area contributed by atoms with E-state index >= 15 is 0 Å². The Bertz CT molecular complexity index is 145. The SMILES string of the molecule is CC(N)CNC1=NCCOC1. The second-order valence-corrected chi connectivity index (χ2v) is 2.74. The molecule has 0 aromatic rings. The van der Waals surface area contributed by atoms with Gasteiger partial charge < -0.3 is 15.8 Å². The predicted octanol–water partition coefficient (Wildman–Crippen LogP) is -0.648. The molecule has 0 spiro atoms. The highest BCUT2D eigenvalue weighted by Gasteiger charge is 2.04. The first kappa shape index (κ1) is 8.49. The molecule has 0 saturated carbocycles. The van der Waals surface area contributed by atoms with E-state index in [1.54, 1.807) is 0 Å². The molecule has 4 heteroatoms. The zero-order chi connectivity index (χ0) is 8.10. The Balaban J connectivity index is 2.19. The van der Waals surface area contributed by atoms with E-state index in [0.29, 0.717) is 6.61 Å². The first-order valence-electron chi connectivity index (χ1n) is 3.89. The lowest BCUT2D eigenvalue weighted by molar-refractivity contribution is 0.168. The van der Waals surface area contributed by atoms with Crippen LogP contribution in [-0.4, -0.2) is 38.2 Å². The van der Waals surface area contributed by atoms with Crippen molar-refractivity contribution in [3.8, 4) is 0 Å². The fraction of sp³-hybridized carbons (Fsp3) is 0.857. The molecule has 3 N–H and O–H groups in total. The van der Waals surface area contributed by atoms with E-state index in [1.165, 1.54) is 0 Å². The Kier molecular flexibility index (Phi) is 3.32. The lowest BCUT2D eigenvalue weighted by Gasteiger charge is -2.15. The zero-order valence-corrected chi connectivity index (χ0v) is 6.84. The summed E-state index contributed by atoms with van der Waals surface area (Å²) in [6.07, 6.45) is 0. The third-order valence-corrected chi connectivity index (χ3v) is 1.41. The van der Waals surface area contributed by atoms with Gasteiger partial charge >= 0.3 is 0 Å². The number of nitrogens with two attached hydrogens (primary N) is 1. The van der Waals surface area contributed by atoms with Gasteiger partial charge in [-0.3, -0.25) is 4.99 Å². The number of ether oxygens (including phenoxy) is 1. The molecule has 0 bridgehead atoms. The number of rotatable bonds is 2. The number of aliphatic imine (C=N–C) groups is 1. The van der Waals surface area contributed by atoms with E-state index < -0.39 is 0 Å². The van der Waals surface area contributed by atoms with Crippen LogP contribution in [0, 0.1) is 0 Å². The van der Waals surface area contributed by atoms with E-state index in [1.807, 2.05) is 6.92 Å². The summed E-state index contributed by atoms with van der Waals surface area (Å²) >= 11 is 0. The number of nitrogens with one attached hydrogen (secondary N) is 1. The smallest absolute Gasteiger partial charge is 0.123 e. The Morgan fingerprint density at radius 1 is 1.82 bits per heavy atom. The number of hydrogen-bond donors (Lipinski definition) is 2. The van der Waals surface area contributed by atoms with Crippen molar-refractivity contribution in [1.82, 2.24) is 5.32 Å². The maximum Gasteiger partial charge on any atom is 0.123 e. The van der Waals surface area contributed by atoms with E-state index in [0.717, 1.165) is 25.5 Å². The molecule has 1 rings (SSSR count). The molecular formula is C7H15N3O. The molecule has 0 aliphatic carbocycles. The van der Waals surface area contributed by atoms with Gasteiger partial charge in [-0.1, -0.05) is 0 Å². The van der Waals surface area contributed by atoms with Crippen LogP contribution < -0.4 is 11.1 Å². The van der Waals surface area contributed by atoms with Gasteiger partial charge in [0, 0.05) is 12.6 Å². The van der Waals surface area contributed by atoms with Crippen molar-refractivity contribution in [2.75, 3.05) is 26.3 Å².